The van der Waals surface area contributed by atoms with Gasteiger partial charge in [0.15, 0.2) is 0 Å². The Kier molecular flexibility index (Phi) is 3.64. The zero-order valence-electron chi connectivity index (χ0n) is 7.93. The van der Waals surface area contributed by atoms with Crippen molar-refractivity contribution < 1.29 is 5.11 Å². The molecule has 1 rings (SSSR count). The van der Waals surface area contributed by atoms with E-state index in [0.29, 0.717) is 18.1 Å². The van der Waals surface area contributed by atoms with Crippen molar-refractivity contribution in [2.24, 2.45) is 5.41 Å². The molecule has 1 aliphatic heterocycles. The van der Waals surface area contributed by atoms with E-state index in [2.05, 4.69) is 18.7 Å². The summed E-state index contributed by atoms with van der Waals surface area (Å²) in [5, 5.41) is 10.3. The quantitative estimate of drug-likeness (QED) is 0.775. The molecule has 0 bridgehead atoms. The number of β-amino-alcohol motifs (C(OH)–C–C–N with tert-alkyl or cyclic N) is 1. The van der Waals surface area contributed by atoms with E-state index < -0.39 is 0 Å². The Morgan fingerprint density at radius 1 is 1.69 bits per heavy atom. The molecule has 4 heteroatoms. The average molecular weight is 224 g/mol. The predicted molar refractivity (Wildman–Crippen MR) is 56.0 cm³/mol. The monoisotopic (exact) mass is 223 g/mol. The summed E-state index contributed by atoms with van der Waals surface area (Å²) in [4.78, 5) is 2.10. The zero-order chi connectivity index (χ0) is 10.1. The van der Waals surface area contributed by atoms with E-state index in [0.717, 1.165) is 6.54 Å². The van der Waals surface area contributed by atoms with Crippen LogP contribution in [0.4, 0.5) is 0 Å². The van der Waals surface area contributed by atoms with Gasteiger partial charge in [-0.2, -0.15) is 0 Å². The van der Waals surface area contributed by atoms with Gasteiger partial charge in [0.2, 0.25) is 0 Å². The van der Waals surface area contributed by atoms with Crippen LogP contribution in [0.5, 0.6) is 0 Å². The van der Waals surface area contributed by atoms with Gasteiger partial charge in [0.1, 0.15) is 0 Å². The number of aliphatic hydroxyl groups excluding tert-OH is 1. The fourth-order valence-corrected chi connectivity index (χ4v) is 1.84. The highest BCUT2D eigenvalue weighted by atomic mass is 35.5. The molecule has 1 aliphatic rings. The number of nitrogens with zero attached hydrogens (tertiary/aromatic N) is 1. The Balaban J connectivity index is 2.50. The molecule has 0 amide bonds. The first-order valence-corrected chi connectivity index (χ1v) is 5.12. The van der Waals surface area contributed by atoms with E-state index in [1.165, 1.54) is 5.54 Å². The fraction of sp³-hybridized carbons (Fsp3) is 0.778. The molecule has 2 nitrogen and oxygen atoms in total. The minimum Gasteiger partial charge on any atom is -0.391 e. The van der Waals surface area contributed by atoms with E-state index in [1.807, 2.05) is 0 Å². The summed E-state index contributed by atoms with van der Waals surface area (Å²) in [5.74, 6) is 0. The van der Waals surface area contributed by atoms with Crippen LogP contribution >= 0.6 is 23.2 Å². The lowest BCUT2D eigenvalue weighted by Crippen LogP contribution is -2.26. The van der Waals surface area contributed by atoms with E-state index in [4.69, 9.17) is 23.2 Å². The molecule has 0 radical (unpaired) electrons. The Morgan fingerprint density at radius 3 is 2.69 bits per heavy atom. The molecule has 0 aromatic heterocycles. The van der Waals surface area contributed by atoms with Gasteiger partial charge < -0.3 is 5.11 Å². The van der Waals surface area contributed by atoms with Crippen LogP contribution in [0.2, 0.25) is 0 Å². The molecule has 13 heavy (non-hydrogen) atoms. The van der Waals surface area contributed by atoms with Gasteiger partial charge in [-0.1, -0.05) is 37.0 Å². The van der Waals surface area contributed by atoms with Crippen LogP contribution in [-0.2, 0) is 0 Å². The topological polar surface area (TPSA) is 23.5 Å². The summed E-state index contributed by atoms with van der Waals surface area (Å²) < 4.78 is 0. The largest absolute Gasteiger partial charge is 0.391 e. The van der Waals surface area contributed by atoms with Gasteiger partial charge in [0, 0.05) is 35.6 Å². The molecule has 1 fully saturated rings. The van der Waals surface area contributed by atoms with Crippen LogP contribution in [0.3, 0.4) is 0 Å². The molecule has 0 saturated carbocycles. The summed E-state index contributed by atoms with van der Waals surface area (Å²) in [7, 11) is 0. The minimum atomic E-state index is -0.271. The van der Waals surface area contributed by atoms with Crippen molar-refractivity contribution in [1.82, 2.24) is 4.90 Å². The van der Waals surface area contributed by atoms with Crippen molar-refractivity contribution in [3.8, 4) is 0 Å². The number of rotatable bonds is 2. The lowest BCUT2D eigenvalue weighted by atomic mass is 9.90. The maximum absolute atomic E-state index is 9.68. The molecule has 76 valence electrons. The molecule has 0 spiro atoms. The van der Waals surface area contributed by atoms with Crippen molar-refractivity contribution in [2.45, 2.75) is 20.0 Å². The smallest absolute Gasteiger partial charge is 0.0730 e. The molecular formula is C9H15Cl2NO. The third kappa shape index (κ3) is 2.84. The molecule has 1 saturated heterocycles. The average Bonchev–Trinajstić information content (AvgIpc) is 2.25. The van der Waals surface area contributed by atoms with Crippen LogP contribution in [-0.4, -0.2) is 35.7 Å². The molecule has 0 aromatic rings. The number of aliphatic hydroxyl groups is 1. The maximum Gasteiger partial charge on any atom is 0.0730 e. The molecule has 0 aliphatic carbocycles. The first-order chi connectivity index (χ1) is 5.95. The van der Waals surface area contributed by atoms with Crippen LogP contribution in [0.15, 0.2) is 10.6 Å². The second-order valence-electron chi connectivity index (χ2n) is 4.23. The third-order valence-corrected chi connectivity index (χ3v) is 3.06. The van der Waals surface area contributed by atoms with Gasteiger partial charge in [-0.15, -0.1) is 0 Å². The van der Waals surface area contributed by atoms with Gasteiger partial charge in [-0.3, -0.25) is 4.90 Å². The normalized spacial score (nSPS) is 29.6. The Bertz CT molecular complexity index is 216. The Labute approximate surface area is 89.1 Å². The molecule has 1 atom stereocenters. The van der Waals surface area contributed by atoms with Crippen LogP contribution in [0, 0.1) is 5.41 Å². The standard InChI is InChI=1S/C9H15Cl2NO/c1-9(2)6-12(5-8(9)13)4-7(11)3-10/h3,8,13H,4-6H2,1-2H3/b7-3-. The SMILES string of the molecule is CC1(C)CN(C/C(Cl)=C/Cl)CC1O. The number of hydrogen-bond acceptors (Lipinski definition) is 2. The van der Waals surface area contributed by atoms with Crippen molar-refractivity contribution in [1.29, 1.82) is 0 Å². The first-order valence-electron chi connectivity index (χ1n) is 4.31. The molecule has 1 unspecified atom stereocenters. The highest BCUT2D eigenvalue weighted by molar-refractivity contribution is 6.36. The van der Waals surface area contributed by atoms with Crippen molar-refractivity contribution in [3.63, 3.8) is 0 Å². The zero-order valence-corrected chi connectivity index (χ0v) is 9.44. The van der Waals surface area contributed by atoms with Crippen molar-refractivity contribution in [2.75, 3.05) is 19.6 Å². The van der Waals surface area contributed by atoms with Crippen LogP contribution < -0.4 is 0 Å². The Morgan fingerprint density at radius 2 is 2.31 bits per heavy atom. The van der Waals surface area contributed by atoms with E-state index in [1.54, 1.807) is 0 Å². The Hall–Kier alpha value is 0.240. The maximum atomic E-state index is 9.68. The molecule has 1 N–H and O–H groups in total. The van der Waals surface area contributed by atoms with Gasteiger partial charge in [0.05, 0.1) is 6.10 Å². The number of likely N-dealkylation sites (tertiary alicyclic amines) is 1. The van der Waals surface area contributed by atoms with Crippen LogP contribution in [0.25, 0.3) is 0 Å². The lowest BCUT2D eigenvalue weighted by Gasteiger charge is -2.20. The highest BCUT2D eigenvalue weighted by Crippen LogP contribution is 2.30. The second-order valence-corrected chi connectivity index (χ2v) is 4.93. The van der Waals surface area contributed by atoms with Gasteiger partial charge >= 0.3 is 0 Å². The van der Waals surface area contributed by atoms with E-state index >= 15 is 0 Å². The number of halogens is 2. The summed E-state index contributed by atoms with van der Waals surface area (Å²) in [6, 6.07) is 0. The third-order valence-electron chi connectivity index (χ3n) is 2.46. The van der Waals surface area contributed by atoms with E-state index in [-0.39, 0.29) is 11.5 Å². The highest BCUT2D eigenvalue weighted by Gasteiger charge is 2.37. The summed E-state index contributed by atoms with van der Waals surface area (Å²) in [6.45, 7) is 6.26. The second kappa shape index (κ2) is 4.18. The minimum absolute atomic E-state index is 0.0382. The first kappa shape index (κ1) is 11.3. The van der Waals surface area contributed by atoms with Crippen molar-refractivity contribution >= 4 is 23.2 Å². The predicted octanol–water partition coefficient (Wildman–Crippen LogP) is 2.01. The van der Waals surface area contributed by atoms with Crippen molar-refractivity contribution in [3.05, 3.63) is 10.6 Å². The molecule has 1 heterocycles. The van der Waals surface area contributed by atoms with E-state index in [9.17, 15) is 5.11 Å². The molecular weight excluding hydrogens is 209 g/mol. The fourth-order valence-electron chi connectivity index (χ4n) is 1.61. The summed E-state index contributed by atoms with van der Waals surface area (Å²) >= 11 is 11.2. The van der Waals surface area contributed by atoms with Crippen LogP contribution in [0.1, 0.15) is 13.8 Å². The van der Waals surface area contributed by atoms with Gasteiger partial charge in [-0.05, 0) is 0 Å². The molecule has 0 aromatic carbocycles. The lowest BCUT2D eigenvalue weighted by molar-refractivity contribution is 0.0956. The summed E-state index contributed by atoms with van der Waals surface area (Å²) in [6.07, 6.45) is -0.271. The number of hydrogen-bond donors (Lipinski definition) is 1. The van der Waals surface area contributed by atoms with Gasteiger partial charge in [0.25, 0.3) is 0 Å². The van der Waals surface area contributed by atoms with Gasteiger partial charge in [-0.25, -0.2) is 0 Å². The summed E-state index contributed by atoms with van der Waals surface area (Å²) in [5.41, 5.74) is 1.34.